The third kappa shape index (κ3) is 9.48. The van der Waals surface area contributed by atoms with Gasteiger partial charge in [0.2, 0.25) is 0 Å². The summed E-state index contributed by atoms with van der Waals surface area (Å²) >= 11 is 9.49. The van der Waals surface area contributed by atoms with Gasteiger partial charge in [0.25, 0.3) is 0 Å². The van der Waals surface area contributed by atoms with Crippen LogP contribution >= 0.6 is 27.5 Å². The van der Waals surface area contributed by atoms with Crippen LogP contribution < -0.4 is 0 Å². The summed E-state index contributed by atoms with van der Waals surface area (Å²) in [5.74, 6) is 1.10. The molecule has 0 heterocycles. The molecule has 0 aromatic heterocycles. The monoisotopic (exact) mass is 378 g/mol. The molecule has 1 aromatic carbocycles. The van der Waals surface area contributed by atoms with E-state index in [9.17, 15) is 0 Å². The molecule has 1 atom stereocenters. The highest BCUT2D eigenvalue weighted by Gasteiger charge is 2.08. The van der Waals surface area contributed by atoms with E-state index in [1.165, 1.54) is 5.56 Å². The number of benzene rings is 1. The van der Waals surface area contributed by atoms with Crippen LogP contribution in [0, 0.1) is 5.92 Å². The SMILES string of the molecule is COCCOCCOCCC(CCl)Cc1ccc(Br)cc1. The summed E-state index contributed by atoms with van der Waals surface area (Å²) in [4.78, 5) is 0. The van der Waals surface area contributed by atoms with Crippen molar-refractivity contribution in [1.82, 2.24) is 0 Å². The molecular formula is C16H24BrClO3. The van der Waals surface area contributed by atoms with E-state index in [-0.39, 0.29) is 0 Å². The van der Waals surface area contributed by atoms with E-state index in [0.29, 0.717) is 38.2 Å². The third-order valence-electron chi connectivity index (χ3n) is 3.13. The fourth-order valence-electron chi connectivity index (χ4n) is 1.90. The Hall–Kier alpha value is -0.130. The van der Waals surface area contributed by atoms with Crippen LogP contribution in [-0.2, 0) is 20.6 Å². The van der Waals surface area contributed by atoms with Crippen LogP contribution in [-0.4, -0.2) is 46.0 Å². The fourth-order valence-corrected chi connectivity index (χ4v) is 2.43. The van der Waals surface area contributed by atoms with E-state index in [1.807, 2.05) is 0 Å². The molecule has 1 unspecified atom stereocenters. The first-order chi connectivity index (χ1) is 10.3. The van der Waals surface area contributed by atoms with E-state index < -0.39 is 0 Å². The molecule has 0 aliphatic heterocycles. The number of rotatable bonds is 12. The molecule has 0 aliphatic carbocycles. The van der Waals surface area contributed by atoms with Crippen molar-refractivity contribution in [3.05, 3.63) is 34.3 Å². The predicted octanol–water partition coefficient (Wildman–Crippen LogP) is 3.92. The van der Waals surface area contributed by atoms with Gasteiger partial charge >= 0.3 is 0 Å². The van der Waals surface area contributed by atoms with Gasteiger partial charge in [-0.2, -0.15) is 0 Å². The average Bonchev–Trinajstić information content (AvgIpc) is 2.50. The largest absolute Gasteiger partial charge is 0.382 e. The molecule has 0 N–H and O–H groups in total. The lowest BCUT2D eigenvalue weighted by Crippen LogP contribution is -2.13. The zero-order chi connectivity index (χ0) is 15.3. The van der Waals surface area contributed by atoms with Gasteiger partial charge in [-0.1, -0.05) is 28.1 Å². The average molecular weight is 380 g/mol. The van der Waals surface area contributed by atoms with Crippen LogP contribution in [0.3, 0.4) is 0 Å². The van der Waals surface area contributed by atoms with Crippen molar-refractivity contribution in [3.8, 4) is 0 Å². The van der Waals surface area contributed by atoms with Crippen molar-refractivity contribution in [1.29, 1.82) is 0 Å². The van der Waals surface area contributed by atoms with E-state index in [0.717, 1.165) is 23.9 Å². The van der Waals surface area contributed by atoms with Crippen molar-refractivity contribution in [2.24, 2.45) is 5.92 Å². The second-order valence-corrected chi connectivity index (χ2v) is 6.08. The van der Waals surface area contributed by atoms with Crippen LogP contribution in [0.1, 0.15) is 12.0 Å². The first-order valence-electron chi connectivity index (χ1n) is 7.21. The van der Waals surface area contributed by atoms with E-state index in [4.69, 9.17) is 25.8 Å². The maximum atomic E-state index is 6.04. The van der Waals surface area contributed by atoms with Crippen molar-refractivity contribution >= 4 is 27.5 Å². The Labute approximate surface area is 141 Å². The van der Waals surface area contributed by atoms with Crippen molar-refractivity contribution in [3.63, 3.8) is 0 Å². The van der Waals surface area contributed by atoms with Gasteiger partial charge in [-0.3, -0.25) is 0 Å². The molecular weight excluding hydrogens is 356 g/mol. The molecule has 0 radical (unpaired) electrons. The molecule has 1 rings (SSSR count). The summed E-state index contributed by atoms with van der Waals surface area (Å²) in [6, 6.07) is 8.39. The Bertz CT molecular complexity index is 359. The predicted molar refractivity (Wildman–Crippen MR) is 90.2 cm³/mol. The third-order valence-corrected chi connectivity index (χ3v) is 4.10. The Morgan fingerprint density at radius 1 is 1.00 bits per heavy atom. The summed E-state index contributed by atoms with van der Waals surface area (Å²) < 4.78 is 16.9. The molecule has 0 saturated heterocycles. The molecule has 3 nitrogen and oxygen atoms in total. The lowest BCUT2D eigenvalue weighted by Gasteiger charge is -2.14. The molecule has 120 valence electrons. The number of ether oxygens (including phenoxy) is 3. The number of hydrogen-bond donors (Lipinski definition) is 0. The molecule has 1 aromatic rings. The Morgan fingerprint density at radius 2 is 1.62 bits per heavy atom. The highest BCUT2D eigenvalue weighted by Crippen LogP contribution is 2.17. The van der Waals surface area contributed by atoms with Gasteiger partial charge in [-0.25, -0.2) is 0 Å². The van der Waals surface area contributed by atoms with Crippen LogP contribution in [0.25, 0.3) is 0 Å². The summed E-state index contributed by atoms with van der Waals surface area (Å²) in [7, 11) is 1.66. The molecule has 0 bridgehead atoms. The molecule has 0 fully saturated rings. The Balaban J connectivity index is 2.09. The van der Waals surface area contributed by atoms with Gasteiger partial charge in [0.15, 0.2) is 0 Å². The number of alkyl halides is 1. The molecule has 0 saturated carbocycles. The summed E-state index contributed by atoms with van der Waals surface area (Å²) in [6.45, 7) is 3.20. The van der Waals surface area contributed by atoms with E-state index in [1.54, 1.807) is 7.11 Å². The van der Waals surface area contributed by atoms with Crippen LogP contribution in [0.4, 0.5) is 0 Å². The summed E-state index contributed by atoms with van der Waals surface area (Å²) in [5, 5.41) is 0. The van der Waals surface area contributed by atoms with Crippen LogP contribution in [0.15, 0.2) is 28.7 Å². The second kappa shape index (κ2) is 12.4. The van der Waals surface area contributed by atoms with Gasteiger partial charge in [0.1, 0.15) is 0 Å². The van der Waals surface area contributed by atoms with Crippen LogP contribution in [0.5, 0.6) is 0 Å². The maximum absolute atomic E-state index is 6.04. The highest BCUT2D eigenvalue weighted by atomic mass is 79.9. The van der Waals surface area contributed by atoms with Crippen molar-refractivity contribution in [2.45, 2.75) is 12.8 Å². The first kappa shape index (κ1) is 18.9. The smallest absolute Gasteiger partial charge is 0.0701 e. The van der Waals surface area contributed by atoms with Crippen LogP contribution in [0.2, 0.25) is 0 Å². The minimum Gasteiger partial charge on any atom is -0.382 e. The lowest BCUT2D eigenvalue weighted by atomic mass is 9.98. The minimum atomic E-state index is 0.447. The Kier molecular flexibility index (Phi) is 11.2. The lowest BCUT2D eigenvalue weighted by molar-refractivity contribution is 0.0223. The number of hydrogen-bond acceptors (Lipinski definition) is 3. The second-order valence-electron chi connectivity index (χ2n) is 4.86. The summed E-state index contributed by atoms with van der Waals surface area (Å²) in [6.07, 6.45) is 1.96. The highest BCUT2D eigenvalue weighted by molar-refractivity contribution is 9.10. The standard InChI is InChI=1S/C16H24BrClO3/c1-19-8-9-21-11-10-20-7-6-15(13-18)12-14-2-4-16(17)5-3-14/h2-5,15H,6-13H2,1H3. The van der Waals surface area contributed by atoms with Crippen molar-refractivity contribution < 1.29 is 14.2 Å². The van der Waals surface area contributed by atoms with E-state index >= 15 is 0 Å². The zero-order valence-corrected chi connectivity index (χ0v) is 14.9. The summed E-state index contributed by atoms with van der Waals surface area (Å²) in [5.41, 5.74) is 1.31. The quantitative estimate of drug-likeness (QED) is 0.407. The minimum absolute atomic E-state index is 0.447. The maximum Gasteiger partial charge on any atom is 0.0701 e. The van der Waals surface area contributed by atoms with E-state index in [2.05, 4.69) is 40.2 Å². The van der Waals surface area contributed by atoms with Gasteiger partial charge < -0.3 is 14.2 Å². The number of halogens is 2. The van der Waals surface area contributed by atoms with Crippen molar-refractivity contribution in [2.75, 3.05) is 46.0 Å². The van der Waals surface area contributed by atoms with Gasteiger partial charge in [-0.15, -0.1) is 11.6 Å². The Morgan fingerprint density at radius 3 is 2.24 bits per heavy atom. The van der Waals surface area contributed by atoms with Gasteiger partial charge in [0, 0.05) is 24.1 Å². The normalized spacial score (nSPS) is 12.5. The molecule has 0 amide bonds. The fraction of sp³-hybridized carbons (Fsp3) is 0.625. The zero-order valence-electron chi connectivity index (χ0n) is 12.5. The first-order valence-corrected chi connectivity index (χ1v) is 8.54. The van der Waals surface area contributed by atoms with Gasteiger partial charge in [0.05, 0.1) is 26.4 Å². The molecule has 5 heteroatoms. The van der Waals surface area contributed by atoms with Gasteiger partial charge in [-0.05, 0) is 36.5 Å². The molecule has 21 heavy (non-hydrogen) atoms. The number of methoxy groups -OCH3 is 1. The topological polar surface area (TPSA) is 27.7 Å². The molecule has 0 spiro atoms. The molecule has 0 aliphatic rings.